The minimum Gasteiger partial charge on any atom is -0.398 e. The number of benzene rings is 2. The zero-order valence-corrected chi connectivity index (χ0v) is 18.6. The molecule has 2 saturated carbocycles. The lowest BCUT2D eigenvalue weighted by Gasteiger charge is -2.40. The Kier molecular flexibility index (Phi) is 6.42. The van der Waals surface area contributed by atoms with Gasteiger partial charge in [0.15, 0.2) is 0 Å². The van der Waals surface area contributed by atoms with E-state index in [4.69, 9.17) is 5.73 Å². The van der Waals surface area contributed by atoms with Gasteiger partial charge in [-0.15, -0.1) is 0 Å². The normalized spacial score (nSPS) is 19.2. The third-order valence-electron chi connectivity index (χ3n) is 7.10. The van der Waals surface area contributed by atoms with Crippen molar-refractivity contribution in [2.24, 2.45) is 0 Å². The highest BCUT2D eigenvalue weighted by atomic mass is 31.1. The van der Waals surface area contributed by atoms with Gasteiger partial charge in [0.1, 0.15) is 0 Å². The zero-order chi connectivity index (χ0) is 19.5. The molecule has 1 nitrogen and oxygen atoms in total. The van der Waals surface area contributed by atoms with E-state index in [2.05, 4.69) is 50.2 Å². The van der Waals surface area contributed by atoms with Gasteiger partial charge in [-0.05, 0) is 84.5 Å². The molecule has 0 heterocycles. The van der Waals surface area contributed by atoms with Gasteiger partial charge in [0.25, 0.3) is 0 Å². The first-order valence-electron chi connectivity index (χ1n) is 11.4. The highest BCUT2D eigenvalue weighted by Gasteiger charge is 2.33. The predicted octanol–water partition coefficient (Wildman–Crippen LogP) is 7.33. The summed E-state index contributed by atoms with van der Waals surface area (Å²) in [7, 11) is -0.112. The number of aryl methyl sites for hydroxylation is 1. The molecule has 0 aliphatic heterocycles. The van der Waals surface area contributed by atoms with Crippen molar-refractivity contribution >= 4 is 18.9 Å². The summed E-state index contributed by atoms with van der Waals surface area (Å²) in [6, 6.07) is 13.7. The van der Waals surface area contributed by atoms with Crippen LogP contribution in [0.4, 0.5) is 5.69 Å². The summed E-state index contributed by atoms with van der Waals surface area (Å²) >= 11 is 0. The lowest BCUT2D eigenvalue weighted by Crippen LogP contribution is -2.27. The minimum atomic E-state index is -0.112. The molecular formula is C26H36NP. The smallest absolute Gasteiger partial charge is 0.0350 e. The maximum absolute atomic E-state index is 6.34. The number of rotatable bonds is 4. The van der Waals surface area contributed by atoms with E-state index >= 15 is 0 Å². The fourth-order valence-corrected chi connectivity index (χ4v) is 9.55. The van der Waals surface area contributed by atoms with E-state index in [0.717, 1.165) is 17.0 Å². The molecule has 2 N–H and O–H groups in total. The summed E-state index contributed by atoms with van der Waals surface area (Å²) in [5.74, 6) is 0. The minimum absolute atomic E-state index is 0.112. The van der Waals surface area contributed by atoms with E-state index in [1.54, 1.807) is 5.30 Å². The van der Waals surface area contributed by atoms with Crippen molar-refractivity contribution < 1.29 is 0 Å². The van der Waals surface area contributed by atoms with Gasteiger partial charge in [-0.3, -0.25) is 0 Å². The van der Waals surface area contributed by atoms with Gasteiger partial charge < -0.3 is 5.73 Å². The largest absolute Gasteiger partial charge is 0.398 e. The van der Waals surface area contributed by atoms with Crippen molar-refractivity contribution in [2.45, 2.75) is 89.4 Å². The molecular weight excluding hydrogens is 357 g/mol. The summed E-state index contributed by atoms with van der Waals surface area (Å²) in [5.41, 5.74) is 14.6. The van der Waals surface area contributed by atoms with Gasteiger partial charge in [-0.25, -0.2) is 0 Å². The van der Waals surface area contributed by atoms with Gasteiger partial charge in [0, 0.05) is 5.69 Å². The van der Waals surface area contributed by atoms with E-state index in [0.29, 0.717) is 0 Å². The van der Waals surface area contributed by atoms with Gasteiger partial charge in [0.05, 0.1) is 0 Å². The molecule has 4 rings (SSSR count). The maximum Gasteiger partial charge on any atom is 0.0350 e. The molecule has 0 amide bonds. The lowest BCUT2D eigenvalue weighted by atomic mass is 9.94. The first-order chi connectivity index (χ1) is 13.7. The fraction of sp³-hybridized carbons (Fsp3) is 0.538. The molecule has 0 atom stereocenters. The average Bonchev–Trinajstić information content (AvgIpc) is 2.74. The molecule has 0 aromatic heterocycles. The van der Waals surface area contributed by atoms with Crippen molar-refractivity contribution in [2.75, 3.05) is 5.73 Å². The first kappa shape index (κ1) is 20.0. The third-order valence-corrected chi connectivity index (χ3v) is 10.7. The molecule has 2 aromatic carbocycles. The standard InChI is InChI=1S/C26H36NP/c1-19-17-18-24(27)20(2)26(19)23-15-9-10-16-25(23)28(21-11-5-3-6-12-21)22-13-7-4-8-14-22/h9-10,15-18,21-22H,3-8,11-14,27H2,1-2H3. The summed E-state index contributed by atoms with van der Waals surface area (Å²) in [5, 5.41) is 1.67. The first-order valence-corrected chi connectivity index (χ1v) is 12.9. The maximum atomic E-state index is 6.34. The molecule has 150 valence electrons. The monoisotopic (exact) mass is 393 g/mol. The van der Waals surface area contributed by atoms with Crippen LogP contribution in [-0.4, -0.2) is 11.3 Å². The van der Waals surface area contributed by atoms with E-state index < -0.39 is 0 Å². The van der Waals surface area contributed by atoms with Crippen LogP contribution in [0.2, 0.25) is 0 Å². The third kappa shape index (κ3) is 4.02. The van der Waals surface area contributed by atoms with Crippen molar-refractivity contribution in [3.8, 4) is 11.1 Å². The van der Waals surface area contributed by atoms with Crippen LogP contribution in [0.3, 0.4) is 0 Å². The Morgan fingerprint density at radius 2 is 1.32 bits per heavy atom. The van der Waals surface area contributed by atoms with Crippen molar-refractivity contribution in [3.63, 3.8) is 0 Å². The Bertz CT molecular complexity index is 782. The second-order valence-corrected chi connectivity index (χ2v) is 11.7. The Morgan fingerprint density at radius 3 is 1.93 bits per heavy atom. The Labute approximate surface area is 172 Å². The van der Waals surface area contributed by atoms with Crippen LogP contribution in [-0.2, 0) is 0 Å². The summed E-state index contributed by atoms with van der Waals surface area (Å²) in [4.78, 5) is 0. The second-order valence-electron chi connectivity index (χ2n) is 8.98. The number of anilines is 1. The van der Waals surface area contributed by atoms with Crippen LogP contribution in [0, 0.1) is 13.8 Å². The molecule has 0 spiro atoms. The average molecular weight is 394 g/mol. The topological polar surface area (TPSA) is 26.0 Å². The van der Waals surface area contributed by atoms with E-state index in [9.17, 15) is 0 Å². The molecule has 28 heavy (non-hydrogen) atoms. The van der Waals surface area contributed by atoms with Gasteiger partial charge in [-0.2, -0.15) is 0 Å². The number of nitrogen functional groups attached to an aromatic ring is 1. The summed E-state index contributed by atoms with van der Waals surface area (Å²) < 4.78 is 0. The highest BCUT2D eigenvalue weighted by molar-refractivity contribution is 7.67. The van der Waals surface area contributed by atoms with Gasteiger partial charge in [0.2, 0.25) is 0 Å². The molecule has 0 bridgehead atoms. The van der Waals surface area contributed by atoms with Crippen molar-refractivity contribution in [1.82, 2.24) is 0 Å². The number of hydrogen-bond acceptors (Lipinski definition) is 1. The SMILES string of the molecule is Cc1ccc(N)c(C)c1-c1ccccc1P(C1CCCCC1)C1CCCCC1. The number of hydrogen-bond donors (Lipinski definition) is 1. The quantitative estimate of drug-likeness (QED) is 0.427. The molecule has 2 heteroatoms. The summed E-state index contributed by atoms with van der Waals surface area (Å²) in [6.07, 6.45) is 14.4. The van der Waals surface area contributed by atoms with Crippen molar-refractivity contribution in [1.29, 1.82) is 0 Å². The molecule has 0 unspecified atom stereocenters. The van der Waals surface area contributed by atoms with E-state index in [-0.39, 0.29) is 7.92 Å². The zero-order valence-electron chi connectivity index (χ0n) is 17.7. The Balaban J connectivity index is 1.82. The highest BCUT2D eigenvalue weighted by Crippen LogP contribution is 2.56. The second kappa shape index (κ2) is 9.00. The van der Waals surface area contributed by atoms with E-state index in [1.807, 2.05) is 0 Å². The molecule has 0 radical (unpaired) electrons. The molecule has 0 saturated heterocycles. The van der Waals surface area contributed by atoms with Crippen LogP contribution in [0.25, 0.3) is 11.1 Å². The Hall–Kier alpha value is -1.33. The molecule has 2 fully saturated rings. The van der Waals surface area contributed by atoms with Crippen molar-refractivity contribution in [3.05, 3.63) is 47.5 Å². The predicted molar refractivity (Wildman–Crippen MR) is 126 cm³/mol. The molecule has 2 aliphatic carbocycles. The van der Waals surface area contributed by atoms with Crippen LogP contribution in [0.15, 0.2) is 36.4 Å². The molecule has 2 aromatic rings. The van der Waals surface area contributed by atoms with Crippen LogP contribution >= 0.6 is 7.92 Å². The lowest BCUT2D eigenvalue weighted by molar-refractivity contribution is 0.487. The van der Waals surface area contributed by atoms with Crippen LogP contribution in [0.5, 0.6) is 0 Å². The van der Waals surface area contributed by atoms with Gasteiger partial charge >= 0.3 is 0 Å². The number of nitrogens with two attached hydrogens (primary N) is 1. The van der Waals surface area contributed by atoms with Gasteiger partial charge in [-0.1, -0.05) is 76.8 Å². The Morgan fingerprint density at radius 1 is 0.750 bits per heavy atom. The summed E-state index contributed by atoms with van der Waals surface area (Å²) in [6.45, 7) is 4.46. The van der Waals surface area contributed by atoms with Crippen LogP contribution < -0.4 is 11.0 Å². The van der Waals surface area contributed by atoms with Crippen LogP contribution in [0.1, 0.15) is 75.3 Å². The fourth-order valence-electron chi connectivity index (χ4n) is 5.60. The van der Waals surface area contributed by atoms with E-state index in [1.165, 1.54) is 86.5 Å². The molecule has 2 aliphatic rings.